The molecule has 2 aliphatic rings. The summed E-state index contributed by atoms with van der Waals surface area (Å²) in [5.41, 5.74) is 0. The Hall–Kier alpha value is -1.72. The summed E-state index contributed by atoms with van der Waals surface area (Å²) < 4.78 is 10.2. The highest BCUT2D eigenvalue weighted by Crippen LogP contribution is 2.23. The van der Waals surface area contributed by atoms with Crippen molar-refractivity contribution >= 4 is 11.9 Å². The van der Waals surface area contributed by atoms with E-state index in [1.54, 1.807) is 4.90 Å². The van der Waals surface area contributed by atoms with Gasteiger partial charge in [-0.1, -0.05) is 0 Å². The zero-order valence-corrected chi connectivity index (χ0v) is 9.42. The summed E-state index contributed by atoms with van der Waals surface area (Å²) in [6.45, 7) is 1.38. The van der Waals surface area contributed by atoms with E-state index in [0.29, 0.717) is 19.8 Å². The highest BCUT2D eigenvalue weighted by molar-refractivity contribution is 5.92. The van der Waals surface area contributed by atoms with E-state index in [-0.39, 0.29) is 24.1 Å². The molecule has 2 heterocycles. The van der Waals surface area contributed by atoms with Gasteiger partial charge in [0.1, 0.15) is 19.5 Å². The summed E-state index contributed by atoms with van der Waals surface area (Å²) in [6, 6.07) is -0.230. The predicted octanol–water partition coefficient (Wildman–Crippen LogP) is 0.340. The molecule has 94 valence electrons. The fourth-order valence-corrected chi connectivity index (χ4v) is 2.14. The van der Waals surface area contributed by atoms with Crippen molar-refractivity contribution in [1.82, 2.24) is 4.90 Å². The molecule has 0 aromatic rings. The number of likely N-dealkylation sites (tertiary alicyclic amines) is 1. The minimum Gasteiger partial charge on any atom is -0.494 e. The second-order valence-corrected chi connectivity index (χ2v) is 4.09. The average Bonchev–Trinajstić information content (AvgIpc) is 2.76. The number of carboxylic acids is 1. The molecule has 1 amide bonds. The lowest BCUT2D eigenvalue weighted by atomic mass is 10.1. The van der Waals surface area contributed by atoms with Crippen molar-refractivity contribution in [2.75, 3.05) is 19.8 Å². The monoisotopic (exact) mass is 241 g/mol. The van der Waals surface area contributed by atoms with Gasteiger partial charge in [-0.05, 0) is 12.8 Å². The van der Waals surface area contributed by atoms with Gasteiger partial charge in [0.05, 0.1) is 6.42 Å². The van der Waals surface area contributed by atoms with Gasteiger partial charge in [-0.15, -0.1) is 0 Å². The zero-order valence-electron chi connectivity index (χ0n) is 9.42. The molecule has 0 radical (unpaired) electrons. The van der Waals surface area contributed by atoms with Gasteiger partial charge in [0.15, 0.2) is 0 Å². The maximum absolute atomic E-state index is 12.1. The minimum absolute atomic E-state index is 0.0140. The number of hydrogen-bond donors (Lipinski definition) is 1. The molecule has 1 fully saturated rings. The second-order valence-electron chi connectivity index (χ2n) is 4.09. The Balaban J connectivity index is 2.02. The van der Waals surface area contributed by atoms with Crippen LogP contribution >= 0.6 is 0 Å². The number of carbonyl (C=O) groups excluding carboxylic acids is 1. The summed E-state index contributed by atoms with van der Waals surface area (Å²) in [5, 5.41) is 8.78. The first-order valence-electron chi connectivity index (χ1n) is 5.66. The number of carboxylic acid groups (broad SMARTS) is 1. The van der Waals surface area contributed by atoms with Crippen LogP contribution in [-0.2, 0) is 19.1 Å². The molecule has 1 saturated heterocycles. The molecular weight excluding hydrogens is 226 g/mol. The van der Waals surface area contributed by atoms with Gasteiger partial charge >= 0.3 is 5.97 Å². The SMILES string of the molecule is O=C(O)CC1CCCN1C(=O)C1=COCCO1. The van der Waals surface area contributed by atoms with Crippen LogP contribution in [-0.4, -0.2) is 47.7 Å². The second kappa shape index (κ2) is 5.07. The normalized spacial score (nSPS) is 23.6. The molecule has 0 bridgehead atoms. The molecule has 1 N–H and O–H groups in total. The summed E-state index contributed by atoms with van der Waals surface area (Å²) in [6.07, 6.45) is 2.85. The standard InChI is InChI=1S/C11H15NO5/c13-10(14)6-8-2-1-3-12(8)11(15)9-7-16-4-5-17-9/h7-8H,1-6H2,(H,13,14). The first-order chi connectivity index (χ1) is 8.18. The van der Waals surface area contributed by atoms with Crippen molar-refractivity contribution in [2.45, 2.75) is 25.3 Å². The van der Waals surface area contributed by atoms with Crippen LogP contribution in [0.4, 0.5) is 0 Å². The summed E-state index contributed by atoms with van der Waals surface area (Å²) >= 11 is 0. The lowest BCUT2D eigenvalue weighted by Crippen LogP contribution is -2.38. The number of hydrogen-bond acceptors (Lipinski definition) is 4. The molecule has 0 saturated carbocycles. The first kappa shape index (κ1) is 11.8. The van der Waals surface area contributed by atoms with Crippen LogP contribution in [0.1, 0.15) is 19.3 Å². The van der Waals surface area contributed by atoms with Crippen LogP contribution in [0.5, 0.6) is 0 Å². The van der Waals surface area contributed by atoms with E-state index in [1.807, 2.05) is 0 Å². The van der Waals surface area contributed by atoms with Crippen LogP contribution < -0.4 is 0 Å². The smallest absolute Gasteiger partial charge is 0.305 e. The van der Waals surface area contributed by atoms with E-state index in [0.717, 1.165) is 12.8 Å². The minimum atomic E-state index is -0.885. The first-order valence-corrected chi connectivity index (χ1v) is 5.66. The van der Waals surface area contributed by atoms with Gasteiger partial charge in [0.25, 0.3) is 5.91 Å². The number of rotatable bonds is 3. The van der Waals surface area contributed by atoms with Gasteiger partial charge in [0.2, 0.25) is 5.76 Å². The van der Waals surface area contributed by atoms with E-state index in [1.165, 1.54) is 6.26 Å². The quantitative estimate of drug-likeness (QED) is 0.771. The topological polar surface area (TPSA) is 76.1 Å². The Labute approximate surface area is 98.8 Å². The third kappa shape index (κ3) is 2.69. The van der Waals surface area contributed by atoms with E-state index in [4.69, 9.17) is 14.6 Å². The molecule has 0 aromatic carbocycles. The Morgan fingerprint density at radius 2 is 2.29 bits per heavy atom. The molecule has 2 rings (SSSR count). The van der Waals surface area contributed by atoms with E-state index in [9.17, 15) is 9.59 Å². The lowest BCUT2D eigenvalue weighted by Gasteiger charge is -2.25. The number of amides is 1. The molecule has 0 aromatic heterocycles. The van der Waals surface area contributed by atoms with Gasteiger partial charge < -0.3 is 19.5 Å². The Morgan fingerprint density at radius 1 is 1.47 bits per heavy atom. The highest BCUT2D eigenvalue weighted by Gasteiger charge is 2.33. The molecule has 0 aliphatic carbocycles. The Bertz CT molecular complexity index is 352. The molecule has 1 atom stereocenters. The van der Waals surface area contributed by atoms with Crippen molar-refractivity contribution in [3.05, 3.63) is 12.0 Å². The molecule has 6 heteroatoms. The van der Waals surface area contributed by atoms with Crippen molar-refractivity contribution in [3.8, 4) is 0 Å². The van der Waals surface area contributed by atoms with Gasteiger partial charge in [-0.25, -0.2) is 0 Å². The summed E-state index contributed by atoms with van der Waals surface area (Å²) in [4.78, 5) is 24.3. The maximum Gasteiger partial charge on any atom is 0.305 e. The van der Waals surface area contributed by atoms with Crippen molar-refractivity contribution in [3.63, 3.8) is 0 Å². The van der Waals surface area contributed by atoms with Crippen LogP contribution in [0.2, 0.25) is 0 Å². The number of ether oxygens (including phenoxy) is 2. The van der Waals surface area contributed by atoms with Crippen molar-refractivity contribution in [1.29, 1.82) is 0 Å². The molecule has 2 aliphatic heterocycles. The largest absolute Gasteiger partial charge is 0.494 e. The third-order valence-corrected chi connectivity index (χ3v) is 2.91. The predicted molar refractivity (Wildman–Crippen MR) is 57.0 cm³/mol. The van der Waals surface area contributed by atoms with Crippen molar-refractivity contribution in [2.24, 2.45) is 0 Å². The van der Waals surface area contributed by atoms with Crippen LogP contribution in [0.15, 0.2) is 12.0 Å². The van der Waals surface area contributed by atoms with Gasteiger partial charge in [-0.2, -0.15) is 0 Å². The Kier molecular flexibility index (Phi) is 3.51. The Morgan fingerprint density at radius 3 is 2.94 bits per heavy atom. The van der Waals surface area contributed by atoms with E-state index in [2.05, 4.69) is 0 Å². The fourth-order valence-electron chi connectivity index (χ4n) is 2.14. The maximum atomic E-state index is 12.1. The van der Waals surface area contributed by atoms with E-state index >= 15 is 0 Å². The van der Waals surface area contributed by atoms with Gasteiger partial charge in [-0.3, -0.25) is 9.59 Å². The van der Waals surface area contributed by atoms with Crippen LogP contribution in [0.25, 0.3) is 0 Å². The molecule has 0 spiro atoms. The molecule has 6 nitrogen and oxygen atoms in total. The van der Waals surface area contributed by atoms with Crippen LogP contribution in [0, 0.1) is 0 Å². The fraction of sp³-hybridized carbons (Fsp3) is 0.636. The van der Waals surface area contributed by atoms with E-state index < -0.39 is 5.97 Å². The molecule has 17 heavy (non-hydrogen) atoms. The lowest BCUT2D eigenvalue weighted by molar-refractivity contribution is -0.140. The highest BCUT2D eigenvalue weighted by atomic mass is 16.6. The van der Waals surface area contributed by atoms with Crippen LogP contribution in [0.3, 0.4) is 0 Å². The summed E-state index contributed by atoms with van der Waals surface area (Å²) in [5.74, 6) is -0.980. The number of aliphatic carboxylic acids is 1. The summed E-state index contributed by atoms with van der Waals surface area (Å²) in [7, 11) is 0. The number of carbonyl (C=O) groups is 2. The average molecular weight is 241 g/mol. The number of nitrogens with zero attached hydrogens (tertiary/aromatic N) is 1. The molecule has 1 unspecified atom stereocenters. The van der Waals surface area contributed by atoms with Crippen molar-refractivity contribution < 1.29 is 24.2 Å². The third-order valence-electron chi connectivity index (χ3n) is 2.91. The zero-order chi connectivity index (χ0) is 12.3. The molecular formula is C11H15NO5. The van der Waals surface area contributed by atoms with Gasteiger partial charge in [0, 0.05) is 12.6 Å².